The van der Waals surface area contributed by atoms with Gasteiger partial charge in [0, 0.05) is 22.5 Å². The van der Waals surface area contributed by atoms with Crippen molar-refractivity contribution >= 4 is 23.2 Å². The van der Waals surface area contributed by atoms with Crippen LogP contribution in [0.4, 0.5) is 0 Å². The monoisotopic (exact) mass is 372 g/mol. The Balaban J connectivity index is 0.000000471. The average Bonchev–Trinajstić information content (AvgIpc) is 3.18. The van der Waals surface area contributed by atoms with E-state index in [1.54, 1.807) is 12.7 Å². The van der Waals surface area contributed by atoms with Crippen LogP contribution in [0, 0.1) is 16.0 Å². The van der Waals surface area contributed by atoms with E-state index < -0.39 is 5.09 Å². The summed E-state index contributed by atoms with van der Waals surface area (Å²) in [6.07, 6.45) is 8.49. The molecule has 9 heteroatoms. The standard InChI is InChI=1S/C15H17Cl2N3.HNO3/c16-12-5-6-13(15(17)7-12)14(11-3-1-2-4-11)8-20-10-18-9-19-20;2-1(3)4/h5-7,9-11,14H,1-4,8H2;(H,2,3,4). The summed E-state index contributed by atoms with van der Waals surface area (Å²) in [4.78, 5) is 12.4. The molecule has 0 bridgehead atoms. The second-order valence-corrected chi connectivity index (χ2v) is 6.52. The van der Waals surface area contributed by atoms with Crippen LogP contribution in [-0.4, -0.2) is 25.1 Å². The van der Waals surface area contributed by atoms with Crippen LogP contribution in [0.25, 0.3) is 0 Å². The van der Waals surface area contributed by atoms with Gasteiger partial charge < -0.3 is 5.21 Å². The molecule has 1 aromatic heterocycles. The van der Waals surface area contributed by atoms with E-state index in [9.17, 15) is 0 Å². The molecule has 1 aromatic carbocycles. The number of aromatic nitrogens is 3. The zero-order valence-corrected chi connectivity index (χ0v) is 14.4. The zero-order chi connectivity index (χ0) is 17.5. The van der Waals surface area contributed by atoms with Gasteiger partial charge in [-0.05, 0) is 36.5 Å². The van der Waals surface area contributed by atoms with Crippen molar-refractivity contribution in [3.05, 3.63) is 56.6 Å². The van der Waals surface area contributed by atoms with E-state index in [1.807, 2.05) is 16.8 Å². The van der Waals surface area contributed by atoms with E-state index >= 15 is 0 Å². The molecule has 1 N–H and O–H groups in total. The molecule has 7 nitrogen and oxygen atoms in total. The lowest BCUT2D eigenvalue weighted by Gasteiger charge is -2.24. The number of hydrogen-bond acceptors (Lipinski definition) is 4. The third kappa shape index (κ3) is 5.35. The molecular weight excluding hydrogens is 355 g/mol. The summed E-state index contributed by atoms with van der Waals surface area (Å²) in [6, 6.07) is 5.82. The first kappa shape index (κ1) is 18.5. The second-order valence-electron chi connectivity index (χ2n) is 5.67. The molecular formula is C15H18Cl2N4O3. The Bertz CT molecular complexity index is 657. The highest BCUT2D eigenvalue weighted by Crippen LogP contribution is 2.41. The minimum Gasteiger partial charge on any atom is -0.328 e. The fraction of sp³-hybridized carbons (Fsp3) is 0.467. The molecule has 0 saturated heterocycles. The highest BCUT2D eigenvalue weighted by atomic mass is 35.5. The van der Waals surface area contributed by atoms with Gasteiger partial charge in [0.2, 0.25) is 0 Å². The summed E-state index contributed by atoms with van der Waals surface area (Å²) in [7, 11) is 0. The Morgan fingerprint density at radius 2 is 2.04 bits per heavy atom. The van der Waals surface area contributed by atoms with E-state index in [2.05, 4.69) is 16.1 Å². The van der Waals surface area contributed by atoms with Crippen LogP contribution in [0.3, 0.4) is 0 Å². The lowest BCUT2D eigenvalue weighted by Crippen LogP contribution is -2.17. The van der Waals surface area contributed by atoms with E-state index in [-0.39, 0.29) is 0 Å². The van der Waals surface area contributed by atoms with Crippen LogP contribution in [-0.2, 0) is 6.54 Å². The first-order valence-electron chi connectivity index (χ1n) is 7.58. The third-order valence-corrected chi connectivity index (χ3v) is 4.74. The Labute approximate surface area is 149 Å². The van der Waals surface area contributed by atoms with Gasteiger partial charge in [-0.3, -0.25) is 4.68 Å². The minimum absolute atomic E-state index is 0.379. The number of benzene rings is 1. The first-order chi connectivity index (χ1) is 11.5. The first-order valence-corrected chi connectivity index (χ1v) is 8.33. The van der Waals surface area contributed by atoms with Crippen molar-refractivity contribution in [2.24, 2.45) is 5.92 Å². The SMILES string of the molecule is Clc1ccc(C(Cn2cncn2)C2CCCC2)c(Cl)c1.O=[N+]([O-])O. The Morgan fingerprint density at radius 3 is 2.58 bits per heavy atom. The Morgan fingerprint density at radius 1 is 1.38 bits per heavy atom. The molecule has 1 unspecified atom stereocenters. The summed E-state index contributed by atoms with van der Waals surface area (Å²) in [5.74, 6) is 1.04. The molecule has 1 aliphatic rings. The van der Waals surface area contributed by atoms with Crippen molar-refractivity contribution in [1.29, 1.82) is 0 Å². The summed E-state index contributed by atoms with van der Waals surface area (Å²) in [6.45, 7) is 0.825. The van der Waals surface area contributed by atoms with Crippen LogP contribution in [0.1, 0.15) is 37.2 Å². The molecule has 1 fully saturated rings. The average molecular weight is 373 g/mol. The molecule has 0 spiro atoms. The fourth-order valence-electron chi connectivity index (χ4n) is 3.19. The summed E-state index contributed by atoms with van der Waals surface area (Å²) in [5, 5.41) is 19.3. The van der Waals surface area contributed by atoms with Gasteiger partial charge in [-0.2, -0.15) is 5.10 Å². The highest BCUT2D eigenvalue weighted by Gasteiger charge is 2.28. The maximum absolute atomic E-state index is 8.36. The van der Waals surface area contributed by atoms with Crippen LogP contribution in [0.5, 0.6) is 0 Å². The smallest absolute Gasteiger partial charge is 0.291 e. The van der Waals surface area contributed by atoms with Gasteiger partial charge in [0.25, 0.3) is 5.09 Å². The summed E-state index contributed by atoms with van der Waals surface area (Å²) < 4.78 is 1.90. The van der Waals surface area contributed by atoms with Crippen molar-refractivity contribution in [3.63, 3.8) is 0 Å². The minimum atomic E-state index is -1.50. The number of halogens is 2. The summed E-state index contributed by atoms with van der Waals surface area (Å²) in [5.41, 5.74) is 1.18. The molecule has 1 heterocycles. The second kappa shape index (κ2) is 8.84. The normalized spacial score (nSPS) is 15.6. The quantitative estimate of drug-likeness (QED) is 0.640. The van der Waals surface area contributed by atoms with Crippen LogP contribution >= 0.6 is 23.2 Å². The van der Waals surface area contributed by atoms with E-state index in [0.717, 1.165) is 11.6 Å². The number of rotatable bonds is 4. The maximum atomic E-state index is 8.36. The van der Waals surface area contributed by atoms with Gasteiger partial charge in [0.15, 0.2) is 0 Å². The lowest BCUT2D eigenvalue weighted by atomic mass is 9.84. The molecule has 0 aliphatic heterocycles. The third-order valence-electron chi connectivity index (χ3n) is 4.18. The van der Waals surface area contributed by atoms with Gasteiger partial charge in [0.1, 0.15) is 12.7 Å². The van der Waals surface area contributed by atoms with Crippen molar-refractivity contribution in [2.45, 2.75) is 38.1 Å². The van der Waals surface area contributed by atoms with Gasteiger partial charge in [0.05, 0.1) is 0 Å². The lowest BCUT2D eigenvalue weighted by molar-refractivity contribution is -0.742. The summed E-state index contributed by atoms with van der Waals surface area (Å²) >= 11 is 12.4. The molecule has 0 amide bonds. The van der Waals surface area contributed by atoms with E-state index in [1.165, 1.54) is 31.2 Å². The van der Waals surface area contributed by atoms with Crippen LogP contribution < -0.4 is 0 Å². The molecule has 3 rings (SSSR count). The van der Waals surface area contributed by atoms with E-state index in [0.29, 0.717) is 16.9 Å². The largest absolute Gasteiger partial charge is 0.328 e. The molecule has 130 valence electrons. The van der Waals surface area contributed by atoms with E-state index in [4.69, 9.17) is 38.5 Å². The Kier molecular flexibility index (Phi) is 6.81. The molecule has 1 saturated carbocycles. The predicted molar refractivity (Wildman–Crippen MR) is 90.0 cm³/mol. The molecule has 1 aliphatic carbocycles. The van der Waals surface area contributed by atoms with Crippen molar-refractivity contribution in [1.82, 2.24) is 14.8 Å². The maximum Gasteiger partial charge on any atom is 0.291 e. The van der Waals surface area contributed by atoms with Crippen molar-refractivity contribution < 1.29 is 10.3 Å². The number of hydrogen-bond donors (Lipinski definition) is 1. The molecule has 0 radical (unpaired) electrons. The van der Waals surface area contributed by atoms with Gasteiger partial charge in [-0.25, -0.2) is 4.98 Å². The highest BCUT2D eigenvalue weighted by molar-refractivity contribution is 6.35. The van der Waals surface area contributed by atoms with Crippen molar-refractivity contribution in [2.75, 3.05) is 0 Å². The molecule has 24 heavy (non-hydrogen) atoms. The number of nitrogens with zero attached hydrogens (tertiary/aromatic N) is 4. The van der Waals surface area contributed by atoms with Crippen LogP contribution in [0.15, 0.2) is 30.9 Å². The van der Waals surface area contributed by atoms with Crippen LogP contribution in [0.2, 0.25) is 10.0 Å². The van der Waals surface area contributed by atoms with Gasteiger partial charge >= 0.3 is 0 Å². The van der Waals surface area contributed by atoms with Crippen molar-refractivity contribution in [3.8, 4) is 0 Å². The predicted octanol–water partition coefficient (Wildman–Crippen LogP) is 4.21. The molecule has 1 atom stereocenters. The van der Waals surface area contributed by atoms with Gasteiger partial charge in [-0.15, -0.1) is 10.1 Å². The fourth-order valence-corrected chi connectivity index (χ4v) is 3.74. The Hall–Kier alpha value is -1.86. The topological polar surface area (TPSA) is 94.1 Å². The molecule has 2 aromatic rings. The zero-order valence-electron chi connectivity index (χ0n) is 12.9. The van der Waals surface area contributed by atoms with Gasteiger partial charge in [-0.1, -0.05) is 42.1 Å².